The number of nitrogens with zero attached hydrogens (tertiary/aromatic N) is 4. The van der Waals surface area contributed by atoms with Crippen LogP contribution in [0.5, 0.6) is 0 Å². The number of rotatable bonds is 3. The van der Waals surface area contributed by atoms with E-state index in [-0.39, 0.29) is 17.4 Å². The number of carbonyl (C=O) groups excluding carboxylic acids is 1. The van der Waals surface area contributed by atoms with E-state index in [1.807, 2.05) is 36.1 Å². The molecule has 0 aliphatic carbocycles. The second kappa shape index (κ2) is 7.76. The summed E-state index contributed by atoms with van der Waals surface area (Å²) in [6.45, 7) is 3.98. The number of hydrogen-bond donors (Lipinski definition) is 0. The molecule has 146 valence electrons. The molecular formula is C22H19FN4O2. The first-order chi connectivity index (χ1) is 14.0. The summed E-state index contributed by atoms with van der Waals surface area (Å²) in [5, 5.41) is 9.47. The van der Waals surface area contributed by atoms with Crippen molar-refractivity contribution in [2.45, 2.75) is 6.92 Å². The number of halogens is 1. The lowest BCUT2D eigenvalue weighted by Crippen LogP contribution is -2.48. The second-order valence-corrected chi connectivity index (χ2v) is 6.94. The second-order valence-electron chi connectivity index (χ2n) is 6.94. The molecule has 0 radical (unpaired) electrons. The predicted octanol–water partition coefficient (Wildman–Crippen LogP) is 3.62. The van der Waals surface area contributed by atoms with Crippen LogP contribution in [0.1, 0.15) is 21.6 Å². The van der Waals surface area contributed by atoms with Crippen molar-refractivity contribution in [3.05, 3.63) is 71.2 Å². The molecule has 2 aromatic carbocycles. The Balaban J connectivity index is 1.48. The van der Waals surface area contributed by atoms with E-state index in [0.29, 0.717) is 43.5 Å². The van der Waals surface area contributed by atoms with Crippen LogP contribution < -0.4 is 4.90 Å². The molecule has 6 nitrogen and oxygen atoms in total. The minimum atomic E-state index is -0.370. The Morgan fingerprint density at radius 2 is 1.72 bits per heavy atom. The number of anilines is 1. The van der Waals surface area contributed by atoms with Gasteiger partial charge in [-0.25, -0.2) is 4.39 Å². The first kappa shape index (κ1) is 18.7. The van der Waals surface area contributed by atoms with Gasteiger partial charge in [0.05, 0.1) is 0 Å². The number of carbonyl (C=O) groups is 1. The van der Waals surface area contributed by atoms with Gasteiger partial charge < -0.3 is 14.2 Å². The Labute approximate surface area is 167 Å². The fourth-order valence-corrected chi connectivity index (χ4v) is 3.31. The monoisotopic (exact) mass is 390 g/mol. The summed E-state index contributed by atoms with van der Waals surface area (Å²) in [6.07, 6.45) is 0. The van der Waals surface area contributed by atoms with Crippen LogP contribution in [-0.2, 0) is 0 Å². The lowest BCUT2D eigenvalue weighted by molar-refractivity contribution is 0.0745. The topological polar surface area (TPSA) is 73.4 Å². The molecule has 0 spiro atoms. The summed E-state index contributed by atoms with van der Waals surface area (Å²) >= 11 is 0. The molecule has 1 aliphatic heterocycles. The van der Waals surface area contributed by atoms with Crippen molar-refractivity contribution in [3.8, 4) is 17.5 Å². The average molecular weight is 390 g/mol. The van der Waals surface area contributed by atoms with Gasteiger partial charge in [-0.2, -0.15) is 10.2 Å². The van der Waals surface area contributed by atoms with E-state index in [4.69, 9.17) is 4.42 Å². The third-order valence-corrected chi connectivity index (χ3v) is 4.96. The highest BCUT2D eigenvalue weighted by atomic mass is 19.1. The Morgan fingerprint density at radius 1 is 1.07 bits per heavy atom. The van der Waals surface area contributed by atoms with Crippen molar-refractivity contribution < 1.29 is 13.6 Å². The Bertz CT molecular complexity index is 1060. The van der Waals surface area contributed by atoms with E-state index < -0.39 is 0 Å². The lowest BCUT2D eigenvalue weighted by atomic mass is 10.1. The Morgan fingerprint density at radius 3 is 2.34 bits per heavy atom. The number of nitriles is 1. The van der Waals surface area contributed by atoms with Gasteiger partial charge in [0.2, 0.25) is 17.5 Å². The fraction of sp³-hybridized carbons (Fsp3) is 0.227. The molecule has 1 saturated heterocycles. The Kier molecular flexibility index (Phi) is 5.00. The minimum absolute atomic E-state index is 0.136. The molecule has 0 unspecified atom stereocenters. The van der Waals surface area contributed by atoms with Crippen molar-refractivity contribution in [1.82, 2.24) is 9.88 Å². The normalized spacial score (nSPS) is 14.0. The number of amides is 1. The molecule has 0 N–H and O–H groups in total. The minimum Gasteiger partial charge on any atom is -0.419 e. The van der Waals surface area contributed by atoms with Crippen molar-refractivity contribution >= 4 is 11.8 Å². The maximum Gasteiger partial charge on any atom is 0.253 e. The SMILES string of the molecule is Cc1ccc(-c2nc(C#N)c(N3CCN(C(=O)c4ccc(F)cc4)CC3)o2)cc1. The zero-order valence-corrected chi connectivity index (χ0v) is 15.9. The lowest BCUT2D eigenvalue weighted by Gasteiger charge is -2.34. The van der Waals surface area contributed by atoms with Gasteiger partial charge in [-0.1, -0.05) is 17.7 Å². The van der Waals surface area contributed by atoms with Crippen molar-refractivity contribution in [1.29, 1.82) is 5.26 Å². The number of aromatic nitrogens is 1. The molecule has 4 rings (SSSR count). The summed E-state index contributed by atoms with van der Waals surface area (Å²) in [4.78, 5) is 20.6. The molecule has 0 saturated carbocycles. The van der Waals surface area contributed by atoms with Crippen molar-refractivity contribution in [3.63, 3.8) is 0 Å². The maximum atomic E-state index is 13.1. The summed E-state index contributed by atoms with van der Waals surface area (Å²) in [7, 11) is 0. The van der Waals surface area contributed by atoms with Gasteiger partial charge in [0, 0.05) is 37.3 Å². The van der Waals surface area contributed by atoms with Gasteiger partial charge in [-0.05, 0) is 43.3 Å². The molecular weight excluding hydrogens is 371 g/mol. The molecule has 1 fully saturated rings. The van der Waals surface area contributed by atoms with E-state index in [1.165, 1.54) is 24.3 Å². The van der Waals surface area contributed by atoms with Crippen LogP contribution in [0.25, 0.3) is 11.5 Å². The van der Waals surface area contributed by atoms with Gasteiger partial charge in [0.25, 0.3) is 5.91 Å². The van der Waals surface area contributed by atoms with Crippen molar-refractivity contribution in [2.24, 2.45) is 0 Å². The number of piperazine rings is 1. The van der Waals surface area contributed by atoms with Crippen LogP contribution in [0.2, 0.25) is 0 Å². The predicted molar refractivity (Wildman–Crippen MR) is 106 cm³/mol. The molecule has 1 aliphatic rings. The molecule has 3 aromatic rings. The fourth-order valence-electron chi connectivity index (χ4n) is 3.31. The summed E-state index contributed by atoms with van der Waals surface area (Å²) in [5.41, 5.74) is 2.63. The standard InChI is InChI=1S/C22H19FN4O2/c1-15-2-4-16(5-3-15)20-25-19(14-24)22(29-20)27-12-10-26(11-13-27)21(28)17-6-8-18(23)9-7-17/h2-9H,10-13H2,1H3. The molecule has 0 atom stereocenters. The van der Waals surface area contributed by atoms with Crippen LogP contribution in [0, 0.1) is 24.1 Å². The van der Waals surface area contributed by atoms with E-state index in [0.717, 1.165) is 11.1 Å². The quantitative estimate of drug-likeness (QED) is 0.683. The largest absolute Gasteiger partial charge is 0.419 e. The summed E-state index contributed by atoms with van der Waals surface area (Å²) in [6, 6.07) is 15.4. The third kappa shape index (κ3) is 3.83. The van der Waals surface area contributed by atoms with Gasteiger partial charge in [0.1, 0.15) is 11.9 Å². The Hall–Kier alpha value is -3.66. The number of oxazole rings is 1. The third-order valence-electron chi connectivity index (χ3n) is 4.96. The van der Waals surface area contributed by atoms with Crippen LogP contribution in [-0.4, -0.2) is 42.0 Å². The molecule has 0 bridgehead atoms. The first-order valence-electron chi connectivity index (χ1n) is 9.33. The summed E-state index contributed by atoms with van der Waals surface area (Å²) < 4.78 is 19.0. The van der Waals surface area contributed by atoms with Gasteiger partial charge >= 0.3 is 0 Å². The maximum absolute atomic E-state index is 13.1. The van der Waals surface area contributed by atoms with E-state index in [9.17, 15) is 14.4 Å². The number of aryl methyl sites for hydroxylation is 1. The van der Waals surface area contributed by atoms with Crippen LogP contribution in [0.4, 0.5) is 10.3 Å². The van der Waals surface area contributed by atoms with E-state index in [2.05, 4.69) is 11.1 Å². The van der Waals surface area contributed by atoms with Crippen molar-refractivity contribution in [2.75, 3.05) is 31.1 Å². The van der Waals surface area contributed by atoms with Crippen LogP contribution in [0.3, 0.4) is 0 Å². The van der Waals surface area contributed by atoms with Gasteiger partial charge in [-0.3, -0.25) is 4.79 Å². The molecule has 1 amide bonds. The smallest absolute Gasteiger partial charge is 0.253 e. The van der Waals surface area contributed by atoms with E-state index >= 15 is 0 Å². The zero-order chi connectivity index (χ0) is 20.4. The van der Waals surface area contributed by atoms with Gasteiger partial charge in [-0.15, -0.1) is 0 Å². The van der Waals surface area contributed by atoms with Crippen LogP contribution in [0.15, 0.2) is 52.9 Å². The zero-order valence-electron chi connectivity index (χ0n) is 15.9. The summed E-state index contributed by atoms with van der Waals surface area (Å²) in [5.74, 6) is 0.325. The van der Waals surface area contributed by atoms with Crippen LogP contribution >= 0.6 is 0 Å². The molecule has 29 heavy (non-hydrogen) atoms. The number of benzene rings is 2. The molecule has 1 aromatic heterocycles. The highest BCUT2D eigenvalue weighted by Crippen LogP contribution is 2.29. The first-order valence-corrected chi connectivity index (χ1v) is 9.33. The highest BCUT2D eigenvalue weighted by Gasteiger charge is 2.27. The highest BCUT2D eigenvalue weighted by molar-refractivity contribution is 5.94. The number of hydrogen-bond acceptors (Lipinski definition) is 5. The van der Waals surface area contributed by atoms with Gasteiger partial charge in [0.15, 0.2) is 0 Å². The molecule has 7 heteroatoms. The average Bonchev–Trinajstić information content (AvgIpc) is 3.19. The van der Waals surface area contributed by atoms with E-state index in [1.54, 1.807) is 4.90 Å². The molecule has 2 heterocycles.